The van der Waals surface area contributed by atoms with Crippen LogP contribution in [0.5, 0.6) is 5.75 Å². The molecular formula is C21H24F3NO3. The van der Waals surface area contributed by atoms with Gasteiger partial charge < -0.3 is 15.2 Å². The number of hydrogen-bond acceptors (Lipinski definition) is 3. The fourth-order valence-corrected chi connectivity index (χ4v) is 2.70. The predicted octanol–water partition coefficient (Wildman–Crippen LogP) is 4.45. The molecule has 2 N–H and O–H groups in total. The number of amides is 1. The molecule has 4 nitrogen and oxygen atoms in total. The standard InChI is InChI=1S/C21H24F3NO3/c1-13(2)15-7-6-8-16(11-15)28-14(3)20(27)25-12-19(26)17-9-4-5-10-18(17)21(22,23)24/h4-11,13-14,19,26H,12H2,1-3H3,(H,25,27). The minimum atomic E-state index is -4.58. The highest BCUT2D eigenvalue weighted by Crippen LogP contribution is 2.34. The van der Waals surface area contributed by atoms with Crippen LogP contribution < -0.4 is 10.1 Å². The lowest BCUT2D eigenvalue weighted by atomic mass is 10.0. The van der Waals surface area contributed by atoms with Gasteiger partial charge in [0.2, 0.25) is 0 Å². The van der Waals surface area contributed by atoms with Crippen molar-refractivity contribution < 1.29 is 27.8 Å². The van der Waals surface area contributed by atoms with E-state index in [0.717, 1.165) is 11.6 Å². The number of nitrogens with one attached hydrogen (secondary N) is 1. The van der Waals surface area contributed by atoms with Crippen LogP contribution in [0, 0.1) is 0 Å². The smallest absolute Gasteiger partial charge is 0.416 e. The number of benzene rings is 2. The Morgan fingerprint density at radius 3 is 2.43 bits per heavy atom. The second-order valence-electron chi connectivity index (χ2n) is 6.83. The Kier molecular flexibility index (Phi) is 7.07. The molecular weight excluding hydrogens is 371 g/mol. The average Bonchev–Trinajstić information content (AvgIpc) is 2.65. The first-order valence-electron chi connectivity index (χ1n) is 8.98. The maximum atomic E-state index is 13.0. The van der Waals surface area contributed by atoms with Gasteiger partial charge in [0.05, 0.1) is 11.7 Å². The highest BCUT2D eigenvalue weighted by molar-refractivity contribution is 5.80. The Morgan fingerprint density at radius 2 is 1.79 bits per heavy atom. The van der Waals surface area contributed by atoms with Gasteiger partial charge in [0.15, 0.2) is 6.10 Å². The number of carbonyl (C=O) groups is 1. The van der Waals surface area contributed by atoms with Gasteiger partial charge in [0, 0.05) is 6.54 Å². The van der Waals surface area contributed by atoms with E-state index in [1.54, 1.807) is 6.07 Å². The molecule has 0 saturated carbocycles. The summed E-state index contributed by atoms with van der Waals surface area (Å²) in [5.41, 5.74) is -0.149. The van der Waals surface area contributed by atoms with E-state index in [0.29, 0.717) is 11.7 Å². The molecule has 0 fully saturated rings. The van der Waals surface area contributed by atoms with Gasteiger partial charge in [-0.05, 0) is 42.2 Å². The molecule has 0 radical (unpaired) electrons. The van der Waals surface area contributed by atoms with Gasteiger partial charge in [-0.1, -0.05) is 44.2 Å². The lowest BCUT2D eigenvalue weighted by Crippen LogP contribution is -2.38. The van der Waals surface area contributed by atoms with E-state index in [-0.39, 0.29) is 12.1 Å². The summed E-state index contributed by atoms with van der Waals surface area (Å²) in [6.07, 6.45) is -6.94. The number of ether oxygens (including phenoxy) is 1. The molecule has 2 rings (SSSR count). The number of halogens is 3. The van der Waals surface area contributed by atoms with Crippen LogP contribution in [0.3, 0.4) is 0 Å². The van der Waals surface area contributed by atoms with Gasteiger partial charge in [0.1, 0.15) is 5.75 Å². The van der Waals surface area contributed by atoms with E-state index >= 15 is 0 Å². The molecule has 0 aliphatic rings. The largest absolute Gasteiger partial charge is 0.481 e. The molecule has 2 aromatic carbocycles. The fourth-order valence-electron chi connectivity index (χ4n) is 2.70. The normalized spacial score (nSPS) is 13.9. The molecule has 2 aromatic rings. The number of aliphatic hydroxyl groups is 1. The van der Waals surface area contributed by atoms with Crippen molar-refractivity contribution in [2.24, 2.45) is 0 Å². The van der Waals surface area contributed by atoms with Crippen LogP contribution in [0.2, 0.25) is 0 Å². The lowest BCUT2D eigenvalue weighted by molar-refractivity contribution is -0.139. The van der Waals surface area contributed by atoms with Crippen LogP contribution in [0.4, 0.5) is 13.2 Å². The van der Waals surface area contributed by atoms with Crippen molar-refractivity contribution in [3.63, 3.8) is 0 Å². The van der Waals surface area contributed by atoms with Crippen molar-refractivity contribution in [1.82, 2.24) is 5.32 Å². The predicted molar refractivity (Wildman–Crippen MR) is 100 cm³/mol. The Labute approximate surface area is 162 Å². The summed E-state index contributed by atoms with van der Waals surface area (Å²) in [7, 11) is 0. The summed E-state index contributed by atoms with van der Waals surface area (Å²) < 4.78 is 44.8. The van der Waals surface area contributed by atoms with Crippen LogP contribution >= 0.6 is 0 Å². The van der Waals surface area contributed by atoms with Crippen molar-refractivity contribution in [2.45, 2.75) is 45.1 Å². The summed E-state index contributed by atoms with van der Waals surface area (Å²) in [4.78, 5) is 12.2. The minimum Gasteiger partial charge on any atom is -0.481 e. The van der Waals surface area contributed by atoms with Crippen LogP contribution in [0.25, 0.3) is 0 Å². The second kappa shape index (κ2) is 9.10. The van der Waals surface area contributed by atoms with E-state index < -0.39 is 29.9 Å². The van der Waals surface area contributed by atoms with E-state index in [1.807, 2.05) is 32.0 Å². The molecule has 2 unspecified atom stereocenters. The zero-order chi connectivity index (χ0) is 20.9. The summed E-state index contributed by atoms with van der Waals surface area (Å²) in [5, 5.41) is 12.6. The van der Waals surface area contributed by atoms with Gasteiger partial charge in [-0.25, -0.2) is 0 Å². The molecule has 152 valence electrons. The van der Waals surface area contributed by atoms with Crippen LogP contribution in [0.1, 0.15) is 49.5 Å². The summed E-state index contributed by atoms with van der Waals surface area (Å²) in [5.74, 6) is 0.298. The molecule has 0 bridgehead atoms. The third kappa shape index (κ3) is 5.73. The third-order valence-electron chi connectivity index (χ3n) is 4.30. The lowest BCUT2D eigenvalue weighted by Gasteiger charge is -2.20. The van der Waals surface area contributed by atoms with Gasteiger partial charge >= 0.3 is 6.18 Å². The van der Waals surface area contributed by atoms with Gasteiger partial charge in [-0.15, -0.1) is 0 Å². The quantitative estimate of drug-likeness (QED) is 0.728. The molecule has 0 aliphatic heterocycles. The highest BCUT2D eigenvalue weighted by atomic mass is 19.4. The second-order valence-corrected chi connectivity index (χ2v) is 6.83. The van der Waals surface area contributed by atoms with E-state index in [1.165, 1.54) is 25.1 Å². The number of aliphatic hydroxyl groups excluding tert-OH is 1. The van der Waals surface area contributed by atoms with Crippen molar-refractivity contribution in [3.8, 4) is 5.75 Å². The molecule has 0 spiro atoms. The van der Waals surface area contributed by atoms with Gasteiger partial charge in [0.25, 0.3) is 5.91 Å². The van der Waals surface area contributed by atoms with E-state index in [9.17, 15) is 23.1 Å². The van der Waals surface area contributed by atoms with Crippen molar-refractivity contribution in [3.05, 3.63) is 65.2 Å². The number of carbonyl (C=O) groups excluding carboxylic acids is 1. The molecule has 0 heterocycles. The van der Waals surface area contributed by atoms with Gasteiger partial charge in [-0.2, -0.15) is 13.2 Å². The molecule has 0 aromatic heterocycles. The maximum absolute atomic E-state index is 13.0. The average molecular weight is 395 g/mol. The fraction of sp³-hybridized carbons (Fsp3) is 0.381. The minimum absolute atomic E-state index is 0.284. The third-order valence-corrected chi connectivity index (χ3v) is 4.30. The highest BCUT2D eigenvalue weighted by Gasteiger charge is 2.34. The number of alkyl halides is 3. The Morgan fingerprint density at radius 1 is 1.11 bits per heavy atom. The summed E-state index contributed by atoms with van der Waals surface area (Å²) in [6, 6.07) is 12.1. The maximum Gasteiger partial charge on any atom is 0.416 e. The Bertz CT molecular complexity index is 805. The van der Waals surface area contributed by atoms with E-state index in [4.69, 9.17) is 4.74 Å². The van der Waals surface area contributed by atoms with Crippen LogP contribution in [0.15, 0.2) is 48.5 Å². The molecule has 28 heavy (non-hydrogen) atoms. The molecule has 0 saturated heterocycles. The van der Waals surface area contributed by atoms with Gasteiger partial charge in [-0.3, -0.25) is 4.79 Å². The first kappa shape index (κ1) is 21.8. The Balaban J connectivity index is 1.97. The first-order valence-corrected chi connectivity index (χ1v) is 8.98. The Hall–Kier alpha value is -2.54. The summed E-state index contributed by atoms with van der Waals surface area (Å²) in [6.45, 7) is 5.25. The van der Waals surface area contributed by atoms with Crippen molar-refractivity contribution >= 4 is 5.91 Å². The molecule has 0 aliphatic carbocycles. The van der Waals surface area contributed by atoms with Crippen molar-refractivity contribution in [2.75, 3.05) is 6.54 Å². The molecule has 2 atom stereocenters. The first-order chi connectivity index (χ1) is 13.1. The zero-order valence-corrected chi connectivity index (χ0v) is 16.0. The molecule has 1 amide bonds. The van der Waals surface area contributed by atoms with E-state index in [2.05, 4.69) is 5.32 Å². The zero-order valence-electron chi connectivity index (χ0n) is 16.0. The summed E-state index contributed by atoms with van der Waals surface area (Å²) >= 11 is 0. The topological polar surface area (TPSA) is 58.6 Å². The monoisotopic (exact) mass is 395 g/mol. The SMILES string of the molecule is CC(Oc1cccc(C(C)C)c1)C(=O)NCC(O)c1ccccc1C(F)(F)F. The number of hydrogen-bond donors (Lipinski definition) is 2. The van der Waals surface area contributed by atoms with Crippen molar-refractivity contribution in [1.29, 1.82) is 0 Å². The van der Waals surface area contributed by atoms with Crippen LogP contribution in [-0.4, -0.2) is 23.7 Å². The number of rotatable bonds is 7. The van der Waals surface area contributed by atoms with Crippen LogP contribution in [-0.2, 0) is 11.0 Å². The molecule has 7 heteroatoms.